The molecular weight excluding hydrogens is 148 g/mol. The molecule has 0 atom stereocenters. The smallest absolute Gasteiger partial charge is 0.363 e. The minimum atomic E-state index is -0.794. The topological polar surface area (TPSA) is 44.8 Å². The quantitative estimate of drug-likeness (QED) is 0.545. The Morgan fingerprint density at radius 2 is 2.00 bits per heavy atom. The van der Waals surface area contributed by atoms with E-state index in [9.17, 15) is 4.79 Å². The van der Waals surface area contributed by atoms with E-state index in [4.69, 9.17) is 14.2 Å². The maximum atomic E-state index is 11.0. The monoisotopic (exact) mass is 160 g/mol. The van der Waals surface area contributed by atoms with Crippen LogP contribution in [0.2, 0.25) is 0 Å². The fourth-order valence-corrected chi connectivity index (χ4v) is 0.782. The second-order valence-electron chi connectivity index (χ2n) is 2.56. The molecule has 1 aliphatic heterocycles. The van der Waals surface area contributed by atoms with Gasteiger partial charge in [0.25, 0.3) is 6.29 Å². The summed E-state index contributed by atoms with van der Waals surface area (Å²) in [6.07, 6.45) is -0.910. The summed E-state index contributed by atoms with van der Waals surface area (Å²) in [6, 6.07) is 0. The van der Waals surface area contributed by atoms with Crippen molar-refractivity contribution in [1.29, 1.82) is 0 Å². The number of esters is 1. The van der Waals surface area contributed by atoms with Crippen LogP contribution in [-0.4, -0.2) is 31.6 Å². The van der Waals surface area contributed by atoms with E-state index in [2.05, 4.69) is 0 Å². The molecule has 0 unspecified atom stereocenters. The van der Waals surface area contributed by atoms with E-state index in [0.29, 0.717) is 13.2 Å². The van der Waals surface area contributed by atoms with Gasteiger partial charge < -0.3 is 14.2 Å². The highest BCUT2D eigenvalue weighted by molar-refractivity contribution is 5.73. The predicted octanol–water partition coefficient (Wildman–Crippen LogP) is 0.311. The lowest BCUT2D eigenvalue weighted by atomic mass is 10.5. The first kappa shape index (κ1) is 8.49. The number of ether oxygens (including phenoxy) is 3. The molecule has 1 heterocycles. The number of carbonyl (C=O) groups is 1. The van der Waals surface area contributed by atoms with E-state index in [1.165, 1.54) is 0 Å². The Kier molecular flexibility index (Phi) is 2.84. The molecule has 0 amide bonds. The maximum Gasteiger partial charge on any atom is 0.363 e. The third-order valence-electron chi connectivity index (χ3n) is 1.17. The highest BCUT2D eigenvalue weighted by Gasteiger charge is 2.26. The van der Waals surface area contributed by atoms with Crippen LogP contribution in [0.1, 0.15) is 13.8 Å². The summed E-state index contributed by atoms with van der Waals surface area (Å²) in [7, 11) is 0. The Balaban J connectivity index is 2.28. The molecule has 1 fully saturated rings. The van der Waals surface area contributed by atoms with Gasteiger partial charge in [0.1, 0.15) is 0 Å². The summed E-state index contributed by atoms with van der Waals surface area (Å²) in [6.45, 7) is 4.51. The fourth-order valence-electron chi connectivity index (χ4n) is 0.782. The van der Waals surface area contributed by atoms with Crippen LogP contribution in [0.15, 0.2) is 0 Å². The van der Waals surface area contributed by atoms with Crippen molar-refractivity contribution in [2.45, 2.75) is 26.2 Å². The van der Waals surface area contributed by atoms with Gasteiger partial charge in [-0.15, -0.1) is 0 Å². The van der Waals surface area contributed by atoms with Gasteiger partial charge in [-0.1, -0.05) is 0 Å². The van der Waals surface area contributed by atoms with E-state index in [1.807, 2.05) is 0 Å². The molecule has 0 saturated carbocycles. The van der Waals surface area contributed by atoms with Crippen molar-refractivity contribution in [3.05, 3.63) is 0 Å². The van der Waals surface area contributed by atoms with Crippen LogP contribution in [0.25, 0.3) is 0 Å². The van der Waals surface area contributed by atoms with Crippen molar-refractivity contribution in [3.63, 3.8) is 0 Å². The SMILES string of the molecule is CC(C)OC(=O)C1OCCO1. The molecule has 0 spiro atoms. The van der Waals surface area contributed by atoms with Gasteiger partial charge in [0.2, 0.25) is 0 Å². The van der Waals surface area contributed by atoms with Crippen LogP contribution in [0.3, 0.4) is 0 Å². The van der Waals surface area contributed by atoms with Crippen molar-refractivity contribution < 1.29 is 19.0 Å². The van der Waals surface area contributed by atoms with E-state index in [1.54, 1.807) is 13.8 Å². The van der Waals surface area contributed by atoms with Crippen molar-refractivity contribution in [2.75, 3.05) is 13.2 Å². The molecule has 4 heteroatoms. The molecule has 1 aliphatic rings. The first-order chi connectivity index (χ1) is 5.20. The molecule has 0 radical (unpaired) electrons. The summed E-state index contributed by atoms with van der Waals surface area (Å²) in [5.41, 5.74) is 0. The lowest BCUT2D eigenvalue weighted by molar-refractivity contribution is -0.175. The van der Waals surface area contributed by atoms with Crippen molar-refractivity contribution in [2.24, 2.45) is 0 Å². The number of hydrogen-bond acceptors (Lipinski definition) is 4. The Bertz CT molecular complexity index is 137. The number of hydrogen-bond donors (Lipinski definition) is 0. The summed E-state index contributed by atoms with van der Waals surface area (Å²) >= 11 is 0. The van der Waals surface area contributed by atoms with Crippen LogP contribution < -0.4 is 0 Å². The van der Waals surface area contributed by atoms with Crippen LogP contribution in [0.4, 0.5) is 0 Å². The van der Waals surface area contributed by atoms with Crippen LogP contribution >= 0.6 is 0 Å². The van der Waals surface area contributed by atoms with Crippen LogP contribution in [0, 0.1) is 0 Å². The first-order valence-corrected chi connectivity index (χ1v) is 3.64. The van der Waals surface area contributed by atoms with Gasteiger partial charge in [0, 0.05) is 0 Å². The lowest BCUT2D eigenvalue weighted by Crippen LogP contribution is -2.26. The third kappa shape index (κ3) is 2.48. The average Bonchev–Trinajstić information content (AvgIpc) is 2.35. The third-order valence-corrected chi connectivity index (χ3v) is 1.17. The van der Waals surface area contributed by atoms with Gasteiger partial charge in [-0.3, -0.25) is 0 Å². The second-order valence-corrected chi connectivity index (χ2v) is 2.56. The van der Waals surface area contributed by atoms with Crippen molar-refractivity contribution in [3.8, 4) is 0 Å². The largest absolute Gasteiger partial charge is 0.459 e. The second kappa shape index (κ2) is 3.69. The molecule has 1 saturated heterocycles. The van der Waals surface area contributed by atoms with E-state index < -0.39 is 12.3 Å². The van der Waals surface area contributed by atoms with E-state index in [0.717, 1.165) is 0 Å². The fraction of sp³-hybridized carbons (Fsp3) is 0.857. The van der Waals surface area contributed by atoms with Gasteiger partial charge >= 0.3 is 5.97 Å². The minimum Gasteiger partial charge on any atom is -0.459 e. The highest BCUT2D eigenvalue weighted by Crippen LogP contribution is 2.06. The Labute approximate surface area is 65.4 Å². The van der Waals surface area contributed by atoms with Gasteiger partial charge in [-0.25, -0.2) is 4.79 Å². The summed E-state index contributed by atoms with van der Waals surface area (Å²) < 4.78 is 14.7. The molecule has 0 bridgehead atoms. The lowest BCUT2D eigenvalue weighted by Gasteiger charge is -2.11. The van der Waals surface area contributed by atoms with E-state index in [-0.39, 0.29) is 6.10 Å². The zero-order valence-electron chi connectivity index (χ0n) is 6.70. The van der Waals surface area contributed by atoms with Gasteiger partial charge in [-0.05, 0) is 13.8 Å². The molecule has 0 aliphatic carbocycles. The Morgan fingerprint density at radius 1 is 1.45 bits per heavy atom. The molecule has 4 nitrogen and oxygen atoms in total. The Morgan fingerprint density at radius 3 is 2.45 bits per heavy atom. The summed E-state index contributed by atoms with van der Waals surface area (Å²) in [5.74, 6) is -0.433. The number of carbonyl (C=O) groups excluding carboxylic acids is 1. The van der Waals surface area contributed by atoms with Gasteiger partial charge in [0.05, 0.1) is 19.3 Å². The number of rotatable bonds is 2. The van der Waals surface area contributed by atoms with Gasteiger partial charge in [-0.2, -0.15) is 0 Å². The maximum absolute atomic E-state index is 11.0. The van der Waals surface area contributed by atoms with Crippen molar-refractivity contribution >= 4 is 5.97 Å². The summed E-state index contributed by atoms with van der Waals surface area (Å²) in [4.78, 5) is 11.0. The molecule has 64 valence electrons. The molecule has 1 rings (SSSR count). The minimum absolute atomic E-state index is 0.115. The highest BCUT2D eigenvalue weighted by atomic mass is 16.7. The average molecular weight is 160 g/mol. The zero-order chi connectivity index (χ0) is 8.27. The summed E-state index contributed by atoms with van der Waals surface area (Å²) in [5, 5.41) is 0. The molecule has 0 N–H and O–H groups in total. The van der Waals surface area contributed by atoms with Crippen LogP contribution in [0.5, 0.6) is 0 Å². The first-order valence-electron chi connectivity index (χ1n) is 3.64. The normalized spacial score (nSPS) is 19.2. The van der Waals surface area contributed by atoms with Crippen molar-refractivity contribution in [1.82, 2.24) is 0 Å². The molecule has 0 aromatic carbocycles. The molecule has 0 aromatic rings. The molecule has 11 heavy (non-hydrogen) atoms. The zero-order valence-corrected chi connectivity index (χ0v) is 6.70. The Hall–Kier alpha value is -0.610. The molecule has 0 aromatic heterocycles. The standard InChI is InChI=1S/C7H12O4/c1-5(2)11-6(8)7-9-3-4-10-7/h5,7H,3-4H2,1-2H3. The van der Waals surface area contributed by atoms with Crippen LogP contribution in [-0.2, 0) is 19.0 Å². The molecular formula is C7H12O4. The predicted molar refractivity (Wildman–Crippen MR) is 36.9 cm³/mol. The van der Waals surface area contributed by atoms with Gasteiger partial charge in [0.15, 0.2) is 0 Å². The van der Waals surface area contributed by atoms with E-state index >= 15 is 0 Å².